The molecule has 0 spiro atoms. The minimum Gasteiger partial charge on any atom is -0.464 e. The Morgan fingerprint density at radius 3 is 2.79 bits per heavy atom. The van der Waals surface area contributed by atoms with Gasteiger partial charge in [-0.1, -0.05) is 22.0 Å². The molecule has 0 saturated carbocycles. The van der Waals surface area contributed by atoms with Gasteiger partial charge in [-0.15, -0.1) is 0 Å². The van der Waals surface area contributed by atoms with Gasteiger partial charge in [0.25, 0.3) is 0 Å². The Balaban J connectivity index is 2.59. The molecule has 0 N–H and O–H groups in total. The number of benzene rings is 1. The molecule has 0 atom stereocenters. The van der Waals surface area contributed by atoms with Crippen molar-refractivity contribution in [3.05, 3.63) is 29.6 Å². The highest BCUT2D eigenvalue weighted by Crippen LogP contribution is 2.19. The topological polar surface area (TPSA) is 18.5 Å². The van der Waals surface area contributed by atoms with Gasteiger partial charge in [-0.3, -0.25) is 0 Å². The van der Waals surface area contributed by atoms with E-state index in [0.717, 1.165) is 5.56 Å². The summed E-state index contributed by atoms with van der Waals surface area (Å²) in [7, 11) is 0. The van der Waals surface area contributed by atoms with E-state index in [9.17, 15) is 4.39 Å². The lowest BCUT2D eigenvalue weighted by Gasteiger charge is -2.07. The van der Waals surface area contributed by atoms with E-state index in [0.29, 0.717) is 11.9 Å². The molecule has 1 aromatic rings. The lowest BCUT2D eigenvalue weighted by Crippen LogP contribution is -2.03. The highest BCUT2D eigenvalue weighted by molar-refractivity contribution is 9.08. The summed E-state index contributed by atoms with van der Waals surface area (Å²) in [4.78, 5) is 0. The number of hydrogen-bond acceptors (Lipinski definition) is 2. The molecule has 4 heteroatoms. The Kier molecular flexibility index (Phi) is 4.90. The van der Waals surface area contributed by atoms with Crippen LogP contribution >= 0.6 is 15.9 Å². The second kappa shape index (κ2) is 5.98. The molecule has 0 aliphatic heterocycles. The van der Waals surface area contributed by atoms with Gasteiger partial charge in [-0.05, 0) is 24.6 Å². The van der Waals surface area contributed by atoms with Gasteiger partial charge in [-0.2, -0.15) is 0 Å². The fraction of sp³-hybridized carbons (Fsp3) is 0.400. The quantitative estimate of drug-likeness (QED) is 0.461. The van der Waals surface area contributed by atoms with Gasteiger partial charge in [0.2, 0.25) is 0 Å². The third-order valence-electron chi connectivity index (χ3n) is 1.65. The normalized spacial score (nSPS) is 10.2. The van der Waals surface area contributed by atoms with Crippen LogP contribution in [0.25, 0.3) is 0 Å². The molecule has 0 heterocycles. The minimum atomic E-state index is -0.360. The fourth-order valence-corrected chi connectivity index (χ4v) is 1.28. The van der Waals surface area contributed by atoms with E-state index in [1.54, 1.807) is 12.1 Å². The van der Waals surface area contributed by atoms with Crippen molar-refractivity contribution in [3.63, 3.8) is 0 Å². The number of halogens is 2. The van der Waals surface area contributed by atoms with Crippen molar-refractivity contribution in [1.82, 2.24) is 0 Å². The standard InChI is InChI=1S/C10H12BrFO2/c1-2-13-7-14-10-4-3-8(6-11)5-9(10)12/h3-5H,2,6-7H2,1H3. The van der Waals surface area contributed by atoms with E-state index in [1.807, 2.05) is 6.92 Å². The van der Waals surface area contributed by atoms with Crippen molar-refractivity contribution in [2.75, 3.05) is 13.4 Å². The Morgan fingerprint density at radius 2 is 2.21 bits per heavy atom. The van der Waals surface area contributed by atoms with E-state index < -0.39 is 0 Å². The van der Waals surface area contributed by atoms with E-state index in [4.69, 9.17) is 9.47 Å². The van der Waals surface area contributed by atoms with E-state index in [2.05, 4.69) is 15.9 Å². The molecule has 78 valence electrons. The predicted octanol–water partition coefficient (Wildman–Crippen LogP) is 3.09. The predicted molar refractivity (Wildman–Crippen MR) is 56.2 cm³/mol. The lowest BCUT2D eigenvalue weighted by atomic mass is 10.2. The molecule has 2 nitrogen and oxygen atoms in total. The highest BCUT2D eigenvalue weighted by atomic mass is 79.9. The molecule has 0 fully saturated rings. The van der Waals surface area contributed by atoms with E-state index >= 15 is 0 Å². The SMILES string of the molecule is CCOCOc1ccc(CBr)cc1F. The van der Waals surface area contributed by atoms with Crippen molar-refractivity contribution in [1.29, 1.82) is 0 Å². The van der Waals surface area contributed by atoms with Crippen LogP contribution in [0.3, 0.4) is 0 Å². The van der Waals surface area contributed by atoms with Gasteiger partial charge in [0, 0.05) is 11.9 Å². The maximum atomic E-state index is 13.3. The largest absolute Gasteiger partial charge is 0.464 e. The monoisotopic (exact) mass is 262 g/mol. The number of hydrogen-bond donors (Lipinski definition) is 0. The summed E-state index contributed by atoms with van der Waals surface area (Å²) in [5.41, 5.74) is 0.881. The lowest BCUT2D eigenvalue weighted by molar-refractivity contribution is 0.0201. The zero-order valence-electron chi connectivity index (χ0n) is 7.93. The zero-order valence-corrected chi connectivity index (χ0v) is 9.51. The molecule has 0 saturated heterocycles. The first-order chi connectivity index (χ1) is 6.77. The maximum absolute atomic E-state index is 13.3. The zero-order chi connectivity index (χ0) is 10.4. The summed E-state index contributed by atoms with van der Waals surface area (Å²) < 4.78 is 23.3. The Morgan fingerprint density at radius 1 is 1.43 bits per heavy atom. The molecule has 0 aromatic heterocycles. The second-order valence-electron chi connectivity index (χ2n) is 2.65. The number of ether oxygens (including phenoxy) is 2. The van der Waals surface area contributed by atoms with Crippen LogP contribution in [0.1, 0.15) is 12.5 Å². The van der Waals surface area contributed by atoms with Gasteiger partial charge in [0.15, 0.2) is 18.4 Å². The van der Waals surface area contributed by atoms with Gasteiger partial charge in [0.05, 0.1) is 0 Å². The Hall–Kier alpha value is -0.610. The molecule has 0 amide bonds. The maximum Gasteiger partial charge on any atom is 0.189 e. The molecule has 1 aromatic carbocycles. The van der Waals surface area contributed by atoms with Crippen molar-refractivity contribution in [3.8, 4) is 5.75 Å². The van der Waals surface area contributed by atoms with Gasteiger partial charge >= 0.3 is 0 Å². The van der Waals surface area contributed by atoms with Crippen LogP contribution in [-0.4, -0.2) is 13.4 Å². The molecular formula is C10H12BrFO2. The molecule has 0 aliphatic carbocycles. The van der Waals surface area contributed by atoms with Crippen LogP contribution in [0.2, 0.25) is 0 Å². The first kappa shape index (κ1) is 11.5. The number of rotatable bonds is 5. The molecule has 0 radical (unpaired) electrons. The second-order valence-corrected chi connectivity index (χ2v) is 3.21. The Labute approximate surface area is 91.2 Å². The van der Waals surface area contributed by atoms with Gasteiger partial charge < -0.3 is 9.47 Å². The van der Waals surface area contributed by atoms with E-state index in [1.165, 1.54) is 6.07 Å². The summed E-state index contributed by atoms with van der Waals surface area (Å²) in [5, 5.41) is 0.635. The average Bonchev–Trinajstić information content (AvgIpc) is 2.20. The van der Waals surface area contributed by atoms with Crippen LogP contribution in [0.4, 0.5) is 4.39 Å². The van der Waals surface area contributed by atoms with Crippen LogP contribution in [0, 0.1) is 5.82 Å². The van der Waals surface area contributed by atoms with Crippen LogP contribution < -0.4 is 4.74 Å². The van der Waals surface area contributed by atoms with Crippen LogP contribution in [0.5, 0.6) is 5.75 Å². The minimum absolute atomic E-state index is 0.0844. The van der Waals surface area contributed by atoms with Gasteiger partial charge in [0.1, 0.15) is 0 Å². The third kappa shape index (κ3) is 3.27. The summed E-state index contributed by atoms with van der Waals surface area (Å²) >= 11 is 3.25. The van der Waals surface area contributed by atoms with Crippen LogP contribution in [-0.2, 0) is 10.1 Å². The van der Waals surface area contributed by atoms with Gasteiger partial charge in [-0.25, -0.2) is 4.39 Å². The van der Waals surface area contributed by atoms with Crippen molar-refractivity contribution in [2.45, 2.75) is 12.3 Å². The molecule has 0 unspecified atom stereocenters. The van der Waals surface area contributed by atoms with Crippen LogP contribution in [0.15, 0.2) is 18.2 Å². The molecule has 0 aliphatic rings. The Bertz CT molecular complexity index is 291. The smallest absolute Gasteiger partial charge is 0.189 e. The third-order valence-corrected chi connectivity index (χ3v) is 2.30. The average molecular weight is 263 g/mol. The molecule has 14 heavy (non-hydrogen) atoms. The fourth-order valence-electron chi connectivity index (χ4n) is 0.933. The van der Waals surface area contributed by atoms with Crippen molar-refractivity contribution < 1.29 is 13.9 Å². The summed E-state index contributed by atoms with van der Waals surface area (Å²) in [6.07, 6.45) is 0. The summed E-state index contributed by atoms with van der Waals surface area (Å²) in [6, 6.07) is 4.85. The van der Waals surface area contributed by atoms with Crippen molar-refractivity contribution >= 4 is 15.9 Å². The summed E-state index contributed by atoms with van der Waals surface area (Å²) in [5.74, 6) is -0.134. The van der Waals surface area contributed by atoms with Crippen molar-refractivity contribution in [2.24, 2.45) is 0 Å². The molecule has 0 bridgehead atoms. The van der Waals surface area contributed by atoms with E-state index in [-0.39, 0.29) is 18.4 Å². The first-order valence-corrected chi connectivity index (χ1v) is 5.45. The first-order valence-electron chi connectivity index (χ1n) is 4.33. The summed E-state index contributed by atoms with van der Waals surface area (Å²) in [6.45, 7) is 2.50. The molecular weight excluding hydrogens is 251 g/mol. The molecule has 1 rings (SSSR count). The highest BCUT2D eigenvalue weighted by Gasteiger charge is 2.03. The number of alkyl halides is 1.